The summed E-state index contributed by atoms with van der Waals surface area (Å²) in [6.07, 6.45) is 0.609. The van der Waals surface area contributed by atoms with E-state index in [1.165, 1.54) is 5.39 Å². The van der Waals surface area contributed by atoms with Crippen molar-refractivity contribution < 1.29 is 9.53 Å². The first-order chi connectivity index (χ1) is 10.8. The molecule has 0 saturated carbocycles. The summed E-state index contributed by atoms with van der Waals surface area (Å²) in [5, 5.41) is 3.47. The third-order valence-electron chi connectivity index (χ3n) is 4.26. The van der Waals surface area contributed by atoms with Gasteiger partial charge in [-0.15, -0.1) is 0 Å². The Balaban J connectivity index is 2.25. The van der Waals surface area contributed by atoms with E-state index in [1.54, 1.807) is 0 Å². The van der Waals surface area contributed by atoms with Gasteiger partial charge in [-0.3, -0.25) is 9.78 Å². The van der Waals surface area contributed by atoms with Crippen LogP contribution in [0.1, 0.15) is 31.9 Å². The zero-order chi connectivity index (χ0) is 15.5. The molecule has 0 saturated heterocycles. The molecule has 0 fully saturated rings. The average molecular weight is 293 g/mol. The molecule has 0 spiro atoms. The number of ether oxygens (including phenoxy) is 1. The molecule has 0 aliphatic rings. The number of rotatable bonds is 5. The fourth-order valence-electron chi connectivity index (χ4n) is 3.09. The molecule has 3 rings (SSSR count). The second-order valence-electron chi connectivity index (χ2n) is 5.53. The third kappa shape index (κ3) is 2.43. The fourth-order valence-corrected chi connectivity index (χ4v) is 3.09. The molecular weight excluding hydrogens is 274 g/mol. The van der Waals surface area contributed by atoms with Crippen molar-refractivity contribution in [2.45, 2.75) is 32.3 Å². The maximum absolute atomic E-state index is 10.7. The van der Waals surface area contributed by atoms with E-state index in [-0.39, 0.29) is 12.0 Å². The fraction of sp³-hybridized carbons (Fsp3) is 0.263. The second kappa shape index (κ2) is 6.14. The summed E-state index contributed by atoms with van der Waals surface area (Å²) in [7, 11) is 0. The molecule has 3 heteroatoms. The van der Waals surface area contributed by atoms with Gasteiger partial charge in [0.15, 0.2) is 0 Å². The van der Waals surface area contributed by atoms with Gasteiger partial charge in [0.05, 0.1) is 11.2 Å². The zero-order valence-corrected chi connectivity index (χ0v) is 12.8. The maximum atomic E-state index is 10.7. The van der Waals surface area contributed by atoms with E-state index < -0.39 is 0 Å². The van der Waals surface area contributed by atoms with Crippen molar-refractivity contribution in [2.24, 2.45) is 0 Å². The van der Waals surface area contributed by atoms with Crippen LogP contribution < -0.4 is 0 Å². The van der Waals surface area contributed by atoms with E-state index in [0.717, 1.165) is 28.4 Å². The molecule has 0 radical (unpaired) electrons. The van der Waals surface area contributed by atoms with Crippen molar-refractivity contribution in [3.63, 3.8) is 0 Å². The van der Waals surface area contributed by atoms with Gasteiger partial charge in [0, 0.05) is 16.7 Å². The van der Waals surface area contributed by atoms with Gasteiger partial charge in [-0.05, 0) is 17.9 Å². The van der Waals surface area contributed by atoms with E-state index in [2.05, 4.69) is 25.1 Å². The van der Waals surface area contributed by atoms with Crippen LogP contribution in [0.15, 0.2) is 48.5 Å². The number of hydrogen-bond acceptors (Lipinski definition) is 3. The van der Waals surface area contributed by atoms with Crippen LogP contribution in [0.4, 0.5) is 0 Å². The molecule has 0 bridgehead atoms. The number of hydrogen-bond donors (Lipinski definition) is 0. The van der Waals surface area contributed by atoms with Gasteiger partial charge in [-0.1, -0.05) is 56.3 Å². The van der Waals surface area contributed by atoms with Crippen LogP contribution >= 0.6 is 0 Å². The third-order valence-corrected chi connectivity index (χ3v) is 4.26. The highest BCUT2D eigenvalue weighted by Gasteiger charge is 2.22. The van der Waals surface area contributed by atoms with Crippen molar-refractivity contribution in [2.75, 3.05) is 0 Å². The van der Waals surface area contributed by atoms with E-state index >= 15 is 0 Å². The van der Waals surface area contributed by atoms with Crippen LogP contribution in [-0.4, -0.2) is 17.6 Å². The highest BCUT2D eigenvalue weighted by molar-refractivity contribution is 6.06. The minimum atomic E-state index is -0.158. The number of fused-ring (bicyclic) bond motifs is 3. The lowest BCUT2D eigenvalue weighted by atomic mass is 9.92. The first-order valence-corrected chi connectivity index (χ1v) is 7.62. The van der Waals surface area contributed by atoms with Crippen LogP contribution in [0.3, 0.4) is 0 Å². The molecule has 0 N–H and O–H groups in total. The van der Waals surface area contributed by atoms with E-state index in [1.807, 2.05) is 37.3 Å². The lowest BCUT2D eigenvalue weighted by Crippen LogP contribution is -2.20. The number of carbonyl (C=O) groups is 1. The van der Waals surface area contributed by atoms with Gasteiger partial charge in [0.2, 0.25) is 0 Å². The zero-order valence-electron chi connectivity index (χ0n) is 12.8. The summed E-state index contributed by atoms with van der Waals surface area (Å²) >= 11 is 0. The van der Waals surface area contributed by atoms with Gasteiger partial charge in [-0.25, -0.2) is 0 Å². The Morgan fingerprint density at radius 3 is 2.36 bits per heavy atom. The number of pyridine rings is 1. The van der Waals surface area contributed by atoms with Gasteiger partial charge >= 0.3 is 0 Å². The normalized spacial score (nSPS) is 13.9. The highest BCUT2D eigenvalue weighted by Crippen LogP contribution is 2.32. The van der Waals surface area contributed by atoms with Crippen molar-refractivity contribution in [1.29, 1.82) is 0 Å². The maximum Gasteiger partial charge on any atom is 0.293 e. The summed E-state index contributed by atoms with van der Waals surface area (Å²) < 4.78 is 5.25. The molecule has 2 atom stereocenters. The molecule has 1 aromatic heterocycles. The number of benzene rings is 2. The standard InChI is InChI=1S/C19H19NO2/c1-3-18(22-12-21)13(2)19-16-10-5-4-8-14(16)15-9-6-7-11-17(15)20-19/h4-13,18H,3H2,1-2H3/t13-,18?/m0/s1. The minimum Gasteiger partial charge on any atom is -0.464 e. The molecule has 1 unspecified atom stereocenters. The Bertz CT molecular complexity index is 813. The molecule has 22 heavy (non-hydrogen) atoms. The van der Waals surface area contributed by atoms with Crippen LogP contribution in [0.2, 0.25) is 0 Å². The molecular formula is C19H19NO2. The Labute approximate surface area is 129 Å². The van der Waals surface area contributed by atoms with Crippen molar-refractivity contribution >= 4 is 28.1 Å². The molecule has 1 heterocycles. The number of carbonyl (C=O) groups excluding carboxylic acids is 1. The van der Waals surface area contributed by atoms with Gasteiger partial charge in [0.1, 0.15) is 6.10 Å². The second-order valence-corrected chi connectivity index (χ2v) is 5.53. The Morgan fingerprint density at radius 2 is 1.68 bits per heavy atom. The van der Waals surface area contributed by atoms with Crippen LogP contribution in [-0.2, 0) is 9.53 Å². The summed E-state index contributed by atoms with van der Waals surface area (Å²) in [6.45, 7) is 4.63. The molecule has 2 aromatic carbocycles. The smallest absolute Gasteiger partial charge is 0.293 e. The molecule has 3 aromatic rings. The summed E-state index contributed by atoms with van der Waals surface area (Å²) in [5.74, 6) is 0.0460. The Kier molecular flexibility index (Phi) is 4.05. The molecule has 0 amide bonds. The van der Waals surface area contributed by atoms with E-state index in [0.29, 0.717) is 6.47 Å². The molecule has 0 aliphatic carbocycles. The highest BCUT2D eigenvalue weighted by atomic mass is 16.5. The molecule has 3 nitrogen and oxygen atoms in total. The minimum absolute atomic E-state index is 0.0460. The van der Waals surface area contributed by atoms with Crippen LogP contribution in [0.25, 0.3) is 21.7 Å². The number of nitrogens with zero attached hydrogens (tertiary/aromatic N) is 1. The average Bonchev–Trinajstić information content (AvgIpc) is 2.58. The predicted octanol–water partition coefficient (Wildman–Crippen LogP) is 4.44. The van der Waals surface area contributed by atoms with Gasteiger partial charge in [-0.2, -0.15) is 0 Å². The van der Waals surface area contributed by atoms with Crippen molar-refractivity contribution in [1.82, 2.24) is 4.98 Å². The first kappa shape index (κ1) is 14.5. The Hall–Kier alpha value is -2.42. The first-order valence-electron chi connectivity index (χ1n) is 7.62. The summed E-state index contributed by atoms with van der Waals surface area (Å²) in [6, 6.07) is 16.4. The van der Waals surface area contributed by atoms with E-state index in [4.69, 9.17) is 9.72 Å². The lowest BCUT2D eigenvalue weighted by Gasteiger charge is -2.22. The lowest BCUT2D eigenvalue weighted by molar-refractivity contribution is -0.134. The summed E-state index contributed by atoms with van der Waals surface area (Å²) in [4.78, 5) is 15.6. The predicted molar refractivity (Wildman–Crippen MR) is 88.9 cm³/mol. The van der Waals surface area contributed by atoms with Crippen LogP contribution in [0.5, 0.6) is 0 Å². The van der Waals surface area contributed by atoms with Gasteiger partial charge in [0.25, 0.3) is 6.47 Å². The van der Waals surface area contributed by atoms with Crippen molar-refractivity contribution in [3.8, 4) is 0 Å². The monoisotopic (exact) mass is 293 g/mol. The van der Waals surface area contributed by atoms with E-state index in [9.17, 15) is 4.79 Å². The SMILES string of the molecule is CCC(OC=O)[C@H](C)c1nc2ccccc2c2ccccc12. The summed E-state index contributed by atoms with van der Waals surface area (Å²) in [5.41, 5.74) is 1.96. The molecule has 112 valence electrons. The molecule has 0 aliphatic heterocycles. The largest absolute Gasteiger partial charge is 0.464 e. The Morgan fingerprint density at radius 1 is 1.05 bits per heavy atom. The van der Waals surface area contributed by atoms with Gasteiger partial charge < -0.3 is 4.74 Å². The van der Waals surface area contributed by atoms with Crippen molar-refractivity contribution in [3.05, 3.63) is 54.2 Å². The number of para-hydroxylation sites is 1. The quantitative estimate of drug-likeness (QED) is 0.515. The number of aromatic nitrogens is 1. The van der Waals surface area contributed by atoms with Crippen LogP contribution in [0, 0.1) is 0 Å². The topological polar surface area (TPSA) is 39.2 Å².